The van der Waals surface area contributed by atoms with Gasteiger partial charge in [-0.2, -0.15) is 5.26 Å². The molecule has 0 atom stereocenters. The molecule has 0 aliphatic carbocycles. The summed E-state index contributed by atoms with van der Waals surface area (Å²) in [6, 6.07) is 48.4. The van der Waals surface area contributed by atoms with Crippen molar-refractivity contribution in [3.05, 3.63) is 145 Å². The number of benzene rings is 7. The van der Waals surface area contributed by atoms with Crippen LogP contribution >= 0.6 is 0 Å². The molecule has 0 bridgehead atoms. The Bertz CT molecular complexity index is 3340. The van der Waals surface area contributed by atoms with Crippen LogP contribution in [0.4, 0.5) is 0 Å². The molecule has 4 heterocycles. The van der Waals surface area contributed by atoms with E-state index in [1.165, 1.54) is 0 Å². The van der Waals surface area contributed by atoms with E-state index in [-0.39, 0.29) is 0 Å². The zero-order valence-corrected chi connectivity index (χ0v) is 27.4. The molecule has 238 valence electrons. The van der Waals surface area contributed by atoms with Gasteiger partial charge in [-0.05, 0) is 60.7 Å². The number of furan rings is 2. The minimum absolute atomic E-state index is 0.536. The second-order valence-electron chi connectivity index (χ2n) is 13.0. The number of aromatic nitrogens is 2. The van der Waals surface area contributed by atoms with Crippen molar-refractivity contribution in [2.24, 2.45) is 4.99 Å². The SMILES string of the molecule is C/N=C/c1c(C#N)ccc(-n2c3ccccc3c3ccc4oc5ccccc5c4c32)c1-n1c2ccccc2c2ccc3oc4ccccc4c3c21. The largest absolute Gasteiger partial charge is 0.456 e. The van der Waals surface area contributed by atoms with E-state index in [1.807, 2.05) is 36.5 Å². The zero-order chi connectivity index (χ0) is 33.8. The number of fused-ring (bicyclic) bond motifs is 14. The van der Waals surface area contributed by atoms with Gasteiger partial charge in [-0.3, -0.25) is 4.99 Å². The molecule has 0 saturated carbocycles. The fourth-order valence-corrected chi connectivity index (χ4v) is 8.38. The molecule has 0 spiro atoms. The first-order chi connectivity index (χ1) is 25.2. The van der Waals surface area contributed by atoms with E-state index in [4.69, 9.17) is 8.83 Å². The van der Waals surface area contributed by atoms with Crippen molar-refractivity contribution in [2.45, 2.75) is 0 Å². The highest BCUT2D eigenvalue weighted by Gasteiger charge is 2.26. The van der Waals surface area contributed by atoms with E-state index in [0.717, 1.165) is 104 Å². The maximum absolute atomic E-state index is 10.6. The molecule has 0 amide bonds. The Kier molecular flexibility index (Phi) is 5.57. The molecule has 11 rings (SSSR count). The van der Waals surface area contributed by atoms with Crippen LogP contribution in [0.5, 0.6) is 0 Å². The second-order valence-corrected chi connectivity index (χ2v) is 13.0. The van der Waals surface area contributed by atoms with Crippen LogP contribution in [-0.2, 0) is 0 Å². The first-order valence-corrected chi connectivity index (χ1v) is 16.9. The average Bonchev–Trinajstić information content (AvgIpc) is 3.92. The normalized spacial score (nSPS) is 12.3. The maximum Gasteiger partial charge on any atom is 0.137 e. The fourth-order valence-electron chi connectivity index (χ4n) is 8.38. The summed E-state index contributed by atoms with van der Waals surface area (Å²) in [7, 11) is 1.76. The molecule has 0 N–H and O–H groups in total. The van der Waals surface area contributed by atoms with Gasteiger partial charge in [0.2, 0.25) is 0 Å². The molecule has 0 aliphatic rings. The lowest BCUT2D eigenvalue weighted by molar-refractivity contribution is 0.669. The summed E-state index contributed by atoms with van der Waals surface area (Å²) in [5.41, 5.74) is 10.5. The fraction of sp³-hybridized carbons (Fsp3) is 0.0222. The molecule has 0 radical (unpaired) electrons. The highest BCUT2D eigenvalue weighted by molar-refractivity contribution is 6.26. The van der Waals surface area contributed by atoms with E-state index < -0.39 is 0 Å². The number of nitrogens with zero attached hydrogens (tertiary/aromatic N) is 4. The van der Waals surface area contributed by atoms with Crippen molar-refractivity contribution >= 4 is 93.7 Å². The Hall–Kier alpha value is -7.10. The Balaban J connectivity index is 1.42. The van der Waals surface area contributed by atoms with Gasteiger partial charge < -0.3 is 18.0 Å². The number of rotatable bonds is 3. The predicted octanol–water partition coefficient (Wildman–Crippen LogP) is 11.6. The molecule has 11 aromatic rings. The lowest BCUT2D eigenvalue weighted by atomic mass is 10.0. The molecular weight excluding hydrogens is 629 g/mol. The lowest BCUT2D eigenvalue weighted by Gasteiger charge is -2.20. The van der Waals surface area contributed by atoms with Gasteiger partial charge >= 0.3 is 0 Å². The van der Waals surface area contributed by atoms with E-state index in [2.05, 4.69) is 123 Å². The standard InChI is InChI=1S/C45H26N4O2/c1-47-25-33-26(24-46)18-21-36(48-34-14-6-2-10-27(34)29-19-22-39-41(44(29)48)31-12-4-8-16-37(31)50-39)43(33)49-35-15-7-3-11-28(35)30-20-23-40-42(45(30)49)32-13-5-9-17-38(32)51-40/h2-23,25H,1H3/b47-25+. The molecule has 7 aromatic carbocycles. The van der Waals surface area contributed by atoms with Crippen molar-refractivity contribution in [2.75, 3.05) is 7.05 Å². The summed E-state index contributed by atoms with van der Waals surface area (Å²) >= 11 is 0. The van der Waals surface area contributed by atoms with Gasteiger partial charge in [0.1, 0.15) is 22.3 Å². The third-order valence-corrected chi connectivity index (χ3v) is 10.4. The molecule has 6 nitrogen and oxygen atoms in total. The Labute approximate surface area is 290 Å². The number of aliphatic imine (C=N–C) groups is 1. The monoisotopic (exact) mass is 654 g/mol. The number of hydrogen-bond acceptors (Lipinski definition) is 4. The second kappa shape index (κ2) is 10.2. The van der Waals surface area contributed by atoms with Gasteiger partial charge in [-0.25, -0.2) is 0 Å². The van der Waals surface area contributed by atoms with Crippen LogP contribution in [0.3, 0.4) is 0 Å². The molecule has 0 aliphatic heterocycles. The summed E-state index contributed by atoms with van der Waals surface area (Å²) in [5, 5.41) is 19.2. The number of nitriles is 1. The minimum Gasteiger partial charge on any atom is -0.456 e. The van der Waals surface area contributed by atoms with Crippen LogP contribution in [-0.4, -0.2) is 22.4 Å². The molecule has 0 unspecified atom stereocenters. The quantitative estimate of drug-likeness (QED) is 0.178. The van der Waals surface area contributed by atoms with E-state index >= 15 is 0 Å². The van der Waals surface area contributed by atoms with E-state index in [0.29, 0.717) is 5.56 Å². The zero-order valence-electron chi connectivity index (χ0n) is 27.4. The van der Waals surface area contributed by atoms with Crippen LogP contribution < -0.4 is 0 Å². The highest BCUT2D eigenvalue weighted by Crippen LogP contribution is 2.46. The van der Waals surface area contributed by atoms with Crippen LogP contribution in [0.15, 0.2) is 147 Å². The molecule has 51 heavy (non-hydrogen) atoms. The topological polar surface area (TPSA) is 72.3 Å². The lowest BCUT2D eigenvalue weighted by Crippen LogP contribution is -2.09. The molecule has 6 heteroatoms. The average molecular weight is 655 g/mol. The number of hydrogen-bond donors (Lipinski definition) is 0. The highest BCUT2D eigenvalue weighted by atomic mass is 16.3. The van der Waals surface area contributed by atoms with Crippen LogP contribution in [0, 0.1) is 11.3 Å². The first-order valence-electron chi connectivity index (χ1n) is 16.9. The van der Waals surface area contributed by atoms with Crippen molar-refractivity contribution in [3.8, 4) is 17.4 Å². The third-order valence-electron chi connectivity index (χ3n) is 10.4. The summed E-state index contributed by atoms with van der Waals surface area (Å²) in [6.07, 6.45) is 1.82. The van der Waals surface area contributed by atoms with Gasteiger partial charge in [0.05, 0.1) is 55.8 Å². The molecule has 4 aromatic heterocycles. The summed E-state index contributed by atoms with van der Waals surface area (Å²) in [5.74, 6) is 0. The first kappa shape index (κ1) is 27.8. The number of para-hydroxylation sites is 4. The predicted molar refractivity (Wildman–Crippen MR) is 208 cm³/mol. The molecular formula is C45H26N4O2. The third kappa shape index (κ3) is 3.61. The maximum atomic E-state index is 10.6. The van der Waals surface area contributed by atoms with Gasteiger partial charge in [0, 0.05) is 51.1 Å². The van der Waals surface area contributed by atoms with Crippen LogP contribution in [0.25, 0.3) is 98.9 Å². The van der Waals surface area contributed by atoms with Crippen LogP contribution in [0.2, 0.25) is 0 Å². The van der Waals surface area contributed by atoms with Crippen molar-refractivity contribution in [1.29, 1.82) is 5.26 Å². The smallest absolute Gasteiger partial charge is 0.137 e. The van der Waals surface area contributed by atoms with E-state index in [9.17, 15) is 5.26 Å². The van der Waals surface area contributed by atoms with Gasteiger partial charge in [0.15, 0.2) is 0 Å². The van der Waals surface area contributed by atoms with Gasteiger partial charge in [0.25, 0.3) is 0 Å². The van der Waals surface area contributed by atoms with Crippen molar-refractivity contribution < 1.29 is 8.83 Å². The molecule has 0 fully saturated rings. The van der Waals surface area contributed by atoms with Crippen molar-refractivity contribution in [1.82, 2.24) is 9.13 Å². The van der Waals surface area contributed by atoms with Crippen LogP contribution in [0.1, 0.15) is 11.1 Å². The summed E-state index contributed by atoms with van der Waals surface area (Å²) < 4.78 is 17.6. The van der Waals surface area contributed by atoms with Gasteiger partial charge in [-0.1, -0.05) is 72.8 Å². The molecule has 0 saturated heterocycles. The Morgan fingerprint density at radius 3 is 1.61 bits per heavy atom. The summed E-state index contributed by atoms with van der Waals surface area (Å²) in [6.45, 7) is 0. The summed E-state index contributed by atoms with van der Waals surface area (Å²) in [4.78, 5) is 4.54. The van der Waals surface area contributed by atoms with Crippen molar-refractivity contribution in [3.63, 3.8) is 0 Å². The van der Waals surface area contributed by atoms with E-state index in [1.54, 1.807) is 7.05 Å². The van der Waals surface area contributed by atoms with Gasteiger partial charge in [-0.15, -0.1) is 0 Å². The minimum atomic E-state index is 0.536. The Morgan fingerprint density at radius 2 is 1.04 bits per heavy atom. The Morgan fingerprint density at radius 1 is 0.529 bits per heavy atom.